The maximum atomic E-state index is 13.3. The topological polar surface area (TPSA) is 85.6 Å². The second kappa shape index (κ2) is 7.68. The number of benzene rings is 3. The predicted molar refractivity (Wildman–Crippen MR) is 114 cm³/mol. The maximum Gasteiger partial charge on any atom is 0.309 e. The Morgan fingerprint density at radius 3 is 2.43 bits per heavy atom. The molecule has 0 saturated heterocycles. The van der Waals surface area contributed by atoms with Gasteiger partial charge in [0, 0.05) is 17.1 Å². The summed E-state index contributed by atoms with van der Waals surface area (Å²) in [4.78, 5) is 11.8. The molecule has 6 nitrogen and oxygen atoms in total. The second-order valence-electron chi connectivity index (χ2n) is 6.81. The van der Waals surface area contributed by atoms with Crippen molar-refractivity contribution < 1.29 is 23.1 Å². The Bertz CT molecular complexity index is 1340. The number of hydrogen-bond donors (Lipinski definition) is 1. The van der Waals surface area contributed by atoms with Gasteiger partial charge in [-0.15, -0.1) is 0 Å². The summed E-state index contributed by atoms with van der Waals surface area (Å²) in [5.41, 5.74) is 2.33. The molecule has 7 heteroatoms. The number of aromatic nitrogens is 1. The van der Waals surface area contributed by atoms with Gasteiger partial charge in [-0.25, -0.2) is 12.4 Å². The summed E-state index contributed by atoms with van der Waals surface area (Å²) in [6, 6.07) is 20.1. The molecular formula is C23H19NO5S. The lowest BCUT2D eigenvalue weighted by Gasteiger charge is -2.07. The average molecular weight is 421 g/mol. The number of esters is 1. The number of ether oxygens (including phenoxy) is 1. The highest BCUT2D eigenvalue weighted by Gasteiger charge is 2.22. The molecule has 1 aromatic heterocycles. The van der Waals surface area contributed by atoms with Gasteiger partial charge in [0.05, 0.1) is 23.9 Å². The van der Waals surface area contributed by atoms with Crippen LogP contribution in [-0.4, -0.2) is 30.6 Å². The van der Waals surface area contributed by atoms with Gasteiger partial charge >= 0.3 is 5.97 Å². The summed E-state index contributed by atoms with van der Waals surface area (Å²) in [7, 11) is -2.52. The Labute approximate surface area is 174 Å². The van der Waals surface area contributed by atoms with E-state index in [1.165, 1.54) is 17.1 Å². The predicted octanol–water partition coefficient (Wildman–Crippen LogP) is 3.97. The van der Waals surface area contributed by atoms with Crippen LogP contribution in [0, 0.1) is 0 Å². The minimum absolute atomic E-state index is 0.00114. The zero-order chi connectivity index (χ0) is 21.3. The van der Waals surface area contributed by atoms with E-state index in [0.29, 0.717) is 27.6 Å². The van der Waals surface area contributed by atoms with Crippen LogP contribution in [0.4, 0.5) is 0 Å². The molecule has 4 rings (SSSR count). The number of methoxy groups -OCH3 is 1. The van der Waals surface area contributed by atoms with Crippen LogP contribution in [0.25, 0.3) is 22.0 Å². The Hall–Kier alpha value is -3.58. The van der Waals surface area contributed by atoms with Crippen LogP contribution in [-0.2, 0) is 26.0 Å². The van der Waals surface area contributed by atoms with Gasteiger partial charge in [0.2, 0.25) is 0 Å². The third kappa shape index (κ3) is 3.55. The van der Waals surface area contributed by atoms with Crippen LogP contribution < -0.4 is 0 Å². The fourth-order valence-electron chi connectivity index (χ4n) is 3.46. The van der Waals surface area contributed by atoms with Gasteiger partial charge in [-0.2, -0.15) is 0 Å². The van der Waals surface area contributed by atoms with Crippen molar-refractivity contribution >= 4 is 26.9 Å². The molecule has 0 spiro atoms. The SMILES string of the molecule is COC(=O)Cc1cc(O)cc(-c2cn(S(=O)(=O)c3ccccc3)c3ccccc23)c1. The molecule has 0 atom stereocenters. The third-order valence-electron chi connectivity index (χ3n) is 4.84. The van der Waals surface area contributed by atoms with E-state index in [-0.39, 0.29) is 17.1 Å². The Morgan fingerprint density at radius 2 is 1.70 bits per heavy atom. The summed E-state index contributed by atoms with van der Waals surface area (Å²) in [6.07, 6.45) is 1.54. The first-order valence-electron chi connectivity index (χ1n) is 9.21. The minimum Gasteiger partial charge on any atom is -0.508 e. The first kappa shape index (κ1) is 19.7. The molecule has 30 heavy (non-hydrogen) atoms. The number of aromatic hydroxyl groups is 1. The molecule has 0 unspecified atom stereocenters. The van der Waals surface area contributed by atoms with Crippen molar-refractivity contribution in [3.63, 3.8) is 0 Å². The zero-order valence-electron chi connectivity index (χ0n) is 16.1. The van der Waals surface area contributed by atoms with Crippen molar-refractivity contribution in [3.05, 3.63) is 84.6 Å². The summed E-state index contributed by atoms with van der Waals surface area (Å²) in [5, 5.41) is 10.9. The Balaban J connectivity index is 1.92. The highest BCUT2D eigenvalue weighted by molar-refractivity contribution is 7.90. The number of fused-ring (bicyclic) bond motifs is 1. The number of carbonyl (C=O) groups is 1. The highest BCUT2D eigenvalue weighted by Crippen LogP contribution is 2.35. The molecule has 0 fully saturated rings. The minimum atomic E-state index is -3.82. The van der Waals surface area contributed by atoms with Crippen molar-refractivity contribution in [2.24, 2.45) is 0 Å². The smallest absolute Gasteiger partial charge is 0.309 e. The highest BCUT2D eigenvalue weighted by atomic mass is 32.2. The normalized spacial score (nSPS) is 11.5. The van der Waals surface area contributed by atoms with Crippen LogP contribution in [0.3, 0.4) is 0 Å². The van der Waals surface area contributed by atoms with Crippen molar-refractivity contribution in [1.29, 1.82) is 0 Å². The van der Waals surface area contributed by atoms with Gasteiger partial charge in [-0.3, -0.25) is 4.79 Å². The lowest BCUT2D eigenvalue weighted by atomic mass is 10.0. The zero-order valence-corrected chi connectivity index (χ0v) is 17.0. The monoisotopic (exact) mass is 421 g/mol. The van der Waals surface area contributed by atoms with Gasteiger partial charge in [0.1, 0.15) is 5.75 Å². The quantitative estimate of drug-likeness (QED) is 0.493. The number of carbonyl (C=O) groups excluding carboxylic acids is 1. The average Bonchev–Trinajstić information content (AvgIpc) is 3.14. The fraction of sp³-hybridized carbons (Fsp3) is 0.0870. The van der Waals surface area contributed by atoms with Crippen LogP contribution >= 0.6 is 0 Å². The summed E-state index contributed by atoms with van der Waals surface area (Å²) in [6.45, 7) is 0. The fourth-order valence-corrected chi connectivity index (χ4v) is 4.85. The number of hydrogen-bond acceptors (Lipinski definition) is 5. The number of rotatable bonds is 5. The van der Waals surface area contributed by atoms with Crippen LogP contribution in [0.2, 0.25) is 0 Å². The molecule has 0 radical (unpaired) electrons. The molecule has 0 aliphatic carbocycles. The van der Waals surface area contributed by atoms with Crippen molar-refractivity contribution in [1.82, 2.24) is 3.97 Å². The van der Waals surface area contributed by atoms with Crippen molar-refractivity contribution in [2.45, 2.75) is 11.3 Å². The van der Waals surface area contributed by atoms with Gasteiger partial charge in [0.25, 0.3) is 10.0 Å². The van der Waals surface area contributed by atoms with E-state index >= 15 is 0 Å². The van der Waals surface area contributed by atoms with E-state index in [0.717, 1.165) is 0 Å². The number of phenols is 1. The van der Waals surface area contributed by atoms with E-state index in [4.69, 9.17) is 4.74 Å². The molecule has 4 aromatic rings. The number of phenolic OH excluding ortho intramolecular Hbond substituents is 1. The molecule has 0 bridgehead atoms. The molecule has 152 valence electrons. The van der Waals surface area contributed by atoms with Crippen molar-refractivity contribution in [3.8, 4) is 16.9 Å². The second-order valence-corrected chi connectivity index (χ2v) is 8.63. The van der Waals surface area contributed by atoms with Crippen LogP contribution in [0.1, 0.15) is 5.56 Å². The van der Waals surface area contributed by atoms with E-state index in [2.05, 4.69) is 0 Å². The van der Waals surface area contributed by atoms with Crippen molar-refractivity contribution in [2.75, 3.05) is 7.11 Å². The van der Waals surface area contributed by atoms with Gasteiger partial charge in [0.15, 0.2) is 0 Å². The third-order valence-corrected chi connectivity index (χ3v) is 6.53. The summed E-state index contributed by atoms with van der Waals surface area (Å²) < 4.78 is 32.5. The largest absolute Gasteiger partial charge is 0.508 e. The van der Waals surface area contributed by atoms with E-state index < -0.39 is 16.0 Å². The Kier molecular flexibility index (Phi) is 5.05. The first-order chi connectivity index (χ1) is 14.4. The molecule has 0 saturated carbocycles. The molecular weight excluding hydrogens is 402 g/mol. The van der Waals surface area contributed by atoms with Gasteiger partial charge in [-0.1, -0.05) is 42.5 Å². The van der Waals surface area contributed by atoms with E-state index in [1.807, 2.05) is 12.1 Å². The molecule has 0 amide bonds. The molecule has 0 aliphatic heterocycles. The first-order valence-corrected chi connectivity index (χ1v) is 10.6. The molecule has 3 aromatic carbocycles. The lowest BCUT2D eigenvalue weighted by Crippen LogP contribution is -2.11. The number of para-hydroxylation sites is 1. The molecule has 1 N–H and O–H groups in total. The van der Waals surface area contributed by atoms with Crippen LogP contribution in [0.15, 0.2) is 83.9 Å². The summed E-state index contributed by atoms with van der Waals surface area (Å²) in [5.74, 6) is -0.449. The molecule has 1 heterocycles. The maximum absolute atomic E-state index is 13.3. The lowest BCUT2D eigenvalue weighted by molar-refractivity contribution is -0.139. The van der Waals surface area contributed by atoms with Gasteiger partial charge in [-0.05, 0) is 41.5 Å². The van der Waals surface area contributed by atoms with Gasteiger partial charge < -0.3 is 9.84 Å². The Morgan fingerprint density at radius 1 is 1.00 bits per heavy atom. The van der Waals surface area contributed by atoms with Crippen LogP contribution in [0.5, 0.6) is 5.75 Å². The number of nitrogens with zero attached hydrogens (tertiary/aromatic N) is 1. The summed E-state index contributed by atoms with van der Waals surface area (Å²) >= 11 is 0. The standard InChI is InChI=1S/C23H19NO5S/c1-29-23(26)13-16-11-17(14-18(25)12-16)21-15-24(22-10-6-5-9-20(21)22)30(27,28)19-7-3-2-4-8-19/h2-12,14-15,25H,13H2,1H3. The van der Waals surface area contributed by atoms with E-state index in [1.54, 1.807) is 60.8 Å². The molecule has 0 aliphatic rings. The van der Waals surface area contributed by atoms with E-state index in [9.17, 15) is 18.3 Å².